The van der Waals surface area contributed by atoms with E-state index < -0.39 is 0 Å². The van der Waals surface area contributed by atoms with E-state index in [2.05, 4.69) is 30.4 Å². The quantitative estimate of drug-likeness (QED) is 0.899. The Hall–Kier alpha value is -2.04. The van der Waals surface area contributed by atoms with Crippen molar-refractivity contribution >= 4 is 11.9 Å². The van der Waals surface area contributed by atoms with Crippen molar-refractivity contribution < 1.29 is 9.59 Å². The summed E-state index contributed by atoms with van der Waals surface area (Å²) in [6.45, 7) is 5.00. The highest BCUT2D eigenvalue weighted by molar-refractivity contribution is 5.81. The largest absolute Gasteiger partial charge is 0.341 e. The number of hydrogen-bond donors (Lipinski definition) is 1. The van der Waals surface area contributed by atoms with Gasteiger partial charge >= 0.3 is 6.03 Å². The minimum absolute atomic E-state index is 0.00859. The van der Waals surface area contributed by atoms with Crippen LogP contribution in [0.3, 0.4) is 0 Å². The van der Waals surface area contributed by atoms with Crippen LogP contribution < -0.4 is 5.32 Å². The second-order valence-electron chi connectivity index (χ2n) is 7.75. The van der Waals surface area contributed by atoms with E-state index >= 15 is 0 Å². The van der Waals surface area contributed by atoms with Crippen LogP contribution in [0.1, 0.15) is 43.4 Å². The Bertz CT molecular complexity index is 671. The van der Waals surface area contributed by atoms with Gasteiger partial charge in [0.05, 0.1) is 6.04 Å². The van der Waals surface area contributed by atoms with Crippen molar-refractivity contribution in [3.63, 3.8) is 0 Å². The Balaban J connectivity index is 1.37. The molecular formula is C20H27N3O2. The number of benzene rings is 1. The van der Waals surface area contributed by atoms with Gasteiger partial charge in [-0.1, -0.05) is 31.2 Å². The summed E-state index contributed by atoms with van der Waals surface area (Å²) in [5.74, 6) is 0.970. The number of carbonyl (C=O) groups excluding carboxylic acids is 2. The summed E-state index contributed by atoms with van der Waals surface area (Å²) < 4.78 is 0. The van der Waals surface area contributed by atoms with Gasteiger partial charge < -0.3 is 15.1 Å². The normalized spacial score (nSPS) is 26.1. The molecule has 25 heavy (non-hydrogen) atoms. The van der Waals surface area contributed by atoms with E-state index in [1.165, 1.54) is 11.1 Å². The van der Waals surface area contributed by atoms with Gasteiger partial charge in [-0.2, -0.15) is 0 Å². The molecule has 5 nitrogen and oxygen atoms in total. The number of urea groups is 1. The van der Waals surface area contributed by atoms with Gasteiger partial charge in [-0.25, -0.2) is 4.79 Å². The molecule has 134 valence electrons. The molecule has 1 heterocycles. The van der Waals surface area contributed by atoms with Crippen LogP contribution in [0.2, 0.25) is 0 Å². The molecule has 1 saturated carbocycles. The van der Waals surface area contributed by atoms with Crippen LogP contribution in [-0.2, 0) is 11.2 Å². The molecule has 0 radical (unpaired) electrons. The number of amides is 3. The lowest BCUT2D eigenvalue weighted by Gasteiger charge is -2.26. The molecule has 3 aliphatic rings. The van der Waals surface area contributed by atoms with Gasteiger partial charge in [-0.05, 0) is 42.7 Å². The lowest BCUT2D eigenvalue weighted by molar-refractivity contribution is -0.132. The third-order valence-corrected chi connectivity index (χ3v) is 5.80. The van der Waals surface area contributed by atoms with Crippen LogP contribution in [0, 0.1) is 11.8 Å². The smallest absolute Gasteiger partial charge is 0.317 e. The molecule has 1 aliphatic heterocycles. The number of carbonyl (C=O) groups is 2. The Labute approximate surface area is 149 Å². The molecule has 2 fully saturated rings. The zero-order valence-corrected chi connectivity index (χ0v) is 14.9. The monoisotopic (exact) mass is 341 g/mol. The van der Waals surface area contributed by atoms with Gasteiger partial charge in [0.2, 0.25) is 5.91 Å². The van der Waals surface area contributed by atoms with Gasteiger partial charge in [0.15, 0.2) is 0 Å². The molecule has 1 aromatic rings. The summed E-state index contributed by atoms with van der Waals surface area (Å²) in [5.41, 5.74) is 2.60. The summed E-state index contributed by atoms with van der Waals surface area (Å²) in [5, 5.41) is 3.25. The molecule has 0 spiro atoms. The van der Waals surface area contributed by atoms with Crippen molar-refractivity contribution in [3.8, 4) is 0 Å². The standard InChI is InChI=1S/C20H27N3O2/c1-14-13-16-5-2-3-6-17(16)18(14)21-20(25)23-10-4-9-22(11-12-23)19(24)15-7-8-15/h2-3,5-6,14-15,18H,4,7-13H2,1H3,(H,21,25)/t14-,18+/m1/s1. The van der Waals surface area contributed by atoms with E-state index in [9.17, 15) is 9.59 Å². The average Bonchev–Trinajstić information content (AvgIpc) is 3.43. The molecule has 0 bridgehead atoms. The fourth-order valence-corrected chi connectivity index (χ4v) is 4.17. The van der Waals surface area contributed by atoms with Crippen molar-refractivity contribution in [2.24, 2.45) is 11.8 Å². The molecule has 0 aromatic heterocycles. The molecular weight excluding hydrogens is 314 g/mol. The van der Waals surface area contributed by atoms with E-state index in [1.54, 1.807) is 0 Å². The highest BCUT2D eigenvalue weighted by Gasteiger charge is 2.35. The second kappa shape index (κ2) is 6.70. The summed E-state index contributed by atoms with van der Waals surface area (Å²) >= 11 is 0. The molecule has 2 atom stereocenters. The first-order chi connectivity index (χ1) is 12.1. The van der Waals surface area contributed by atoms with Crippen molar-refractivity contribution in [3.05, 3.63) is 35.4 Å². The van der Waals surface area contributed by atoms with Crippen LogP contribution >= 0.6 is 0 Å². The molecule has 5 heteroatoms. The van der Waals surface area contributed by atoms with Crippen LogP contribution in [0.25, 0.3) is 0 Å². The van der Waals surface area contributed by atoms with Crippen molar-refractivity contribution in [2.45, 2.75) is 38.6 Å². The molecule has 1 saturated heterocycles. The predicted octanol–water partition coefficient (Wildman–Crippen LogP) is 2.57. The predicted molar refractivity (Wildman–Crippen MR) is 96.1 cm³/mol. The first-order valence-electron chi connectivity index (χ1n) is 9.55. The number of hydrogen-bond acceptors (Lipinski definition) is 2. The van der Waals surface area contributed by atoms with Crippen LogP contribution in [0.5, 0.6) is 0 Å². The average molecular weight is 341 g/mol. The summed E-state index contributed by atoms with van der Waals surface area (Å²) in [6, 6.07) is 8.50. The van der Waals surface area contributed by atoms with E-state index in [4.69, 9.17) is 0 Å². The number of fused-ring (bicyclic) bond motifs is 1. The maximum absolute atomic E-state index is 12.8. The number of nitrogens with zero attached hydrogens (tertiary/aromatic N) is 2. The maximum Gasteiger partial charge on any atom is 0.317 e. The first-order valence-corrected chi connectivity index (χ1v) is 9.55. The van der Waals surface area contributed by atoms with Crippen LogP contribution in [0.15, 0.2) is 24.3 Å². The third-order valence-electron chi connectivity index (χ3n) is 5.80. The van der Waals surface area contributed by atoms with Crippen LogP contribution in [0.4, 0.5) is 4.79 Å². The Morgan fingerprint density at radius 3 is 2.56 bits per heavy atom. The molecule has 4 rings (SSSR count). The second-order valence-corrected chi connectivity index (χ2v) is 7.75. The Morgan fingerprint density at radius 1 is 1.04 bits per heavy atom. The van der Waals surface area contributed by atoms with E-state index in [0.717, 1.165) is 38.8 Å². The van der Waals surface area contributed by atoms with Gasteiger partial charge in [0, 0.05) is 32.1 Å². The van der Waals surface area contributed by atoms with Gasteiger partial charge in [-0.15, -0.1) is 0 Å². The Morgan fingerprint density at radius 2 is 1.76 bits per heavy atom. The minimum atomic E-state index is 0.00859. The highest BCUT2D eigenvalue weighted by Crippen LogP contribution is 2.35. The fourth-order valence-electron chi connectivity index (χ4n) is 4.17. The fraction of sp³-hybridized carbons (Fsp3) is 0.600. The van der Waals surface area contributed by atoms with Gasteiger partial charge in [-0.3, -0.25) is 4.79 Å². The zero-order chi connectivity index (χ0) is 17.4. The first kappa shape index (κ1) is 16.4. The van der Waals surface area contributed by atoms with Crippen molar-refractivity contribution in [1.82, 2.24) is 15.1 Å². The van der Waals surface area contributed by atoms with Gasteiger partial charge in [0.25, 0.3) is 0 Å². The van der Waals surface area contributed by atoms with E-state index in [1.807, 2.05) is 15.9 Å². The SMILES string of the molecule is C[C@@H]1Cc2ccccc2[C@H]1NC(=O)N1CCCN(C(=O)C2CC2)CC1. The number of rotatable bonds is 2. The Kier molecular flexibility index (Phi) is 4.40. The maximum atomic E-state index is 12.8. The molecule has 1 aromatic carbocycles. The third kappa shape index (κ3) is 3.37. The lowest BCUT2D eigenvalue weighted by atomic mass is 10.0. The van der Waals surface area contributed by atoms with E-state index in [0.29, 0.717) is 24.9 Å². The van der Waals surface area contributed by atoms with Gasteiger partial charge in [0.1, 0.15) is 0 Å². The van der Waals surface area contributed by atoms with Crippen LogP contribution in [-0.4, -0.2) is 47.9 Å². The lowest BCUT2D eigenvalue weighted by Crippen LogP contribution is -2.44. The zero-order valence-electron chi connectivity index (χ0n) is 14.9. The van der Waals surface area contributed by atoms with E-state index in [-0.39, 0.29) is 18.0 Å². The topological polar surface area (TPSA) is 52.7 Å². The highest BCUT2D eigenvalue weighted by atomic mass is 16.2. The number of nitrogens with one attached hydrogen (secondary N) is 1. The molecule has 0 unspecified atom stereocenters. The molecule has 2 aliphatic carbocycles. The van der Waals surface area contributed by atoms with Crippen molar-refractivity contribution in [2.75, 3.05) is 26.2 Å². The molecule has 1 N–H and O–H groups in total. The minimum Gasteiger partial charge on any atom is -0.341 e. The molecule has 3 amide bonds. The summed E-state index contributed by atoms with van der Waals surface area (Å²) in [7, 11) is 0. The summed E-state index contributed by atoms with van der Waals surface area (Å²) in [6.07, 6.45) is 3.96. The van der Waals surface area contributed by atoms with Crippen molar-refractivity contribution in [1.29, 1.82) is 0 Å². The summed E-state index contributed by atoms with van der Waals surface area (Å²) in [4.78, 5) is 28.9.